The Labute approximate surface area is 103 Å². The highest BCUT2D eigenvalue weighted by Gasteiger charge is 2.20. The van der Waals surface area contributed by atoms with Crippen molar-refractivity contribution in [2.45, 2.75) is 20.3 Å². The summed E-state index contributed by atoms with van der Waals surface area (Å²) in [6, 6.07) is 1.91. The van der Waals surface area contributed by atoms with Crippen LogP contribution in [0.15, 0.2) is 21.2 Å². The summed E-state index contributed by atoms with van der Waals surface area (Å²) in [4.78, 5) is 16.0. The number of carbonyl (C=O) groups excluding carboxylic acids is 1. The van der Waals surface area contributed by atoms with E-state index in [1.807, 2.05) is 23.8 Å². The molecule has 0 aliphatic rings. The lowest BCUT2D eigenvalue weighted by Crippen LogP contribution is -2.05. The third kappa shape index (κ3) is 2.39. The third-order valence-electron chi connectivity index (χ3n) is 2.26. The molecule has 0 aliphatic carbocycles. The van der Waals surface area contributed by atoms with Gasteiger partial charge in [0, 0.05) is 10.9 Å². The number of aryl methyl sites for hydroxylation is 1. The van der Waals surface area contributed by atoms with Crippen molar-refractivity contribution in [1.82, 2.24) is 4.98 Å². The monoisotopic (exact) mass is 251 g/mol. The van der Waals surface area contributed by atoms with Gasteiger partial charge in [-0.25, -0.2) is 9.78 Å². The largest absolute Gasteiger partial charge is 0.460 e. The van der Waals surface area contributed by atoms with Crippen LogP contribution in [0.5, 0.6) is 0 Å². The van der Waals surface area contributed by atoms with Gasteiger partial charge in [-0.2, -0.15) is 11.3 Å². The first kappa shape index (κ1) is 11.9. The molecule has 0 spiro atoms. The number of aromatic nitrogens is 1. The molecule has 2 rings (SSSR count). The van der Waals surface area contributed by atoms with Crippen LogP contribution >= 0.6 is 11.3 Å². The predicted octanol–water partition coefficient (Wildman–Crippen LogP) is 3.14. The molecule has 0 saturated heterocycles. The lowest BCUT2D eigenvalue weighted by molar-refractivity contribution is 0.0489. The van der Waals surface area contributed by atoms with Gasteiger partial charge in [0.05, 0.1) is 12.3 Å². The van der Waals surface area contributed by atoms with Gasteiger partial charge >= 0.3 is 5.97 Å². The van der Waals surface area contributed by atoms with Crippen LogP contribution in [0.3, 0.4) is 0 Å². The number of hydrogen-bond donors (Lipinski definition) is 0. The first-order chi connectivity index (χ1) is 8.26. The van der Waals surface area contributed by atoms with Crippen LogP contribution in [-0.4, -0.2) is 17.6 Å². The number of ether oxygens (including phenoxy) is 1. The molecule has 2 heterocycles. The second kappa shape index (κ2) is 5.14. The molecule has 4 nitrogen and oxygen atoms in total. The summed E-state index contributed by atoms with van der Waals surface area (Å²) in [6.07, 6.45) is 0.641. The summed E-state index contributed by atoms with van der Waals surface area (Å²) in [5.41, 5.74) is 1.53. The maximum Gasteiger partial charge on any atom is 0.376 e. The second-order valence-electron chi connectivity index (χ2n) is 3.38. The molecule has 0 N–H and O–H groups in total. The normalized spacial score (nSPS) is 10.5. The van der Waals surface area contributed by atoms with E-state index in [2.05, 4.69) is 4.98 Å². The maximum absolute atomic E-state index is 11.7. The van der Waals surface area contributed by atoms with E-state index in [1.54, 1.807) is 18.3 Å². The maximum atomic E-state index is 11.7. The Balaban J connectivity index is 2.36. The van der Waals surface area contributed by atoms with Crippen molar-refractivity contribution in [1.29, 1.82) is 0 Å². The van der Waals surface area contributed by atoms with E-state index in [0.717, 1.165) is 5.56 Å². The third-order valence-corrected chi connectivity index (χ3v) is 2.94. The van der Waals surface area contributed by atoms with Gasteiger partial charge in [-0.1, -0.05) is 6.92 Å². The molecular weight excluding hydrogens is 238 g/mol. The van der Waals surface area contributed by atoms with Crippen LogP contribution in [0.25, 0.3) is 11.5 Å². The first-order valence-electron chi connectivity index (χ1n) is 5.45. The molecule has 0 fully saturated rings. The minimum Gasteiger partial charge on any atom is -0.460 e. The van der Waals surface area contributed by atoms with E-state index in [4.69, 9.17) is 9.15 Å². The van der Waals surface area contributed by atoms with Gasteiger partial charge < -0.3 is 9.15 Å². The molecule has 0 saturated carbocycles. The van der Waals surface area contributed by atoms with Crippen LogP contribution < -0.4 is 0 Å². The number of carbonyl (C=O) groups is 1. The molecule has 2 aromatic rings. The average molecular weight is 251 g/mol. The summed E-state index contributed by atoms with van der Waals surface area (Å²) in [7, 11) is 0. The van der Waals surface area contributed by atoms with Gasteiger partial charge in [0.1, 0.15) is 0 Å². The Bertz CT molecular complexity index is 502. The second-order valence-corrected chi connectivity index (χ2v) is 4.16. The van der Waals surface area contributed by atoms with E-state index in [-0.39, 0.29) is 5.76 Å². The fourth-order valence-electron chi connectivity index (χ4n) is 1.46. The zero-order valence-corrected chi connectivity index (χ0v) is 10.5. The van der Waals surface area contributed by atoms with Crippen molar-refractivity contribution in [3.05, 3.63) is 28.3 Å². The number of rotatable bonds is 4. The first-order valence-corrected chi connectivity index (χ1v) is 6.40. The minimum atomic E-state index is -0.446. The van der Waals surface area contributed by atoms with Crippen molar-refractivity contribution in [3.63, 3.8) is 0 Å². The molecule has 0 atom stereocenters. The SMILES string of the molecule is CCOC(=O)c1oc(-c2ccsc2)nc1CC. The van der Waals surface area contributed by atoms with Gasteiger partial charge in [0.2, 0.25) is 11.7 Å². The Morgan fingerprint density at radius 1 is 1.53 bits per heavy atom. The summed E-state index contributed by atoms with van der Waals surface area (Å²) in [5, 5.41) is 3.87. The van der Waals surface area contributed by atoms with Crippen molar-refractivity contribution in [2.75, 3.05) is 6.61 Å². The highest BCUT2D eigenvalue weighted by Crippen LogP contribution is 2.24. The predicted molar refractivity (Wildman–Crippen MR) is 65.2 cm³/mol. The molecule has 0 radical (unpaired) electrons. The zero-order valence-electron chi connectivity index (χ0n) is 9.73. The molecule has 90 valence electrons. The number of esters is 1. The number of thiophene rings is 1. The molecule has 0 aliphatic heterocycles. The van der Waals surface area contributed by atoms with E-state index < -0.39 is 5.97 Å². The lowest BCUT2D eigenvalue weighted by atomic mass is 10.3. The molecule has 5 heteroatoms. The van der Waals surface area contributed by atoms with Crippen molar-refractivity contribution in [2.24, 2.45) is 0 Å². The van der Waals surface area contributed by atoms with Gasteiger partial charge in [-0.15, -0.1) is 0 Å². The summed E-state index contributed by atoms with van der Waals surface area (Å²) >= 11 is 1.56. The Morgan fingerprint density at radius 2 is 2.35 bits per heavy atom. The van der Waals surface area contributed by atoms with Crippen LogP contribution in [0.4, 0.5) is 0 Å². The molecule has 0 amide bonds. The standard InChI is InChI=1S/C12H13NO3S/c1-3-9-10(12(14)15-4-2)16-11(13-9)8-5-6-17-7-8/h5-7H,3-4H2,1-2H3. The smallest absolute Gasteiger partial charge is 0.376 e. The highest BCUT2D eigenvalue weighted by atomic mass is 32.1. The summed E-state index contributed by atoms with van der Waals surface area (Å²) < 4.78 is 10.4. The Hall–Kier alpha value is -1.62. The number of nitrogens with zero attached hydrogens (tertiary/aromatic N) is 1. The van der Waals surface area contributed by atoms with Crippen LogP contribution in [0.2, 0.25) is 0 Å². The quantitative estimate of drug-likeness (QED) is 0.783. The topological polar surface area (TPSA) is 52.3 Å². The minimum absolute atomic E-state index is 0.218. The lowest BCUT2D eigenvalue weighted by Gasteiger charge is -1.98. The summed E-state index contributed by atoms with van der Waals surface area (Å²) in [5.74, 6) is 0.250. The Morgan fingerprint density at radius 3 is 2.94 bits per heavy atom. The highest BCUT2D eigenvalue weighted by molar-refractivity contribution is 7.08. The molecule has 0 bridgehead atoms. The van der Waals surface area contributed by atoms with E-state index >= 15 is 0 Å². The fraction of sp³-hybridized carbons (Fsp3) is 0.333. The van der Waals surface area contributed by atoms with Crippen molar-refractivity contribution < 1.29 is 13.9 Å². The fourth-order valence-corrected chi connectivity index (χ4v) is 2.09. The number of hydrogen-bond acceptors (Lipinski definition) is 5. The molecule has 0 aromatic carbocycles. The number of oxazole rings is 1. The van der Waals surface area contributed by atoms with Gasteiger partial charge in [0.15, 0.2) is 0 Å². The molecular formula is C12H13NO3S. The van der Waals surface area contributed by atoms with Crippen LogP contribution in [0.1, 0.15) is 30.1 Å². The van der Waals surface area contributed by atoms with E-state index in [1.165, 1.54) is 0 Å². The summed E-state index contributed by atoms with van der Waals surface area (Å²) in [6.45, 7) is 4.02. The van der Waals surface area contributed by atoms with Crippen molar-refractivity contribution >= 4 is 17.3 Å². The van der Waals surface area contributed by atoms with Gasteiger partial charge in [-0.05, 0) is 24.8 Å². The van der Waals surface area contributed by atoms with Gasteiger partial charge in [0.25, 0.3) is 0 Å². The molecule has 2 aromatic heterocycles. The van der Waals surface area contributed by atoms with Gasteiger partial charge in [-0.3, -0.25) is 0 Å². The van der Waals surface area contributed by atoms with Crippen LogP contribution in [0, 0.1) is 0 Å². The average Bonchev–Trinajstić information content (AvgIpc) is 2.97. The molecule has 0 unspecified atom stereocenters. The van der Waals surface area contributed by atoms with Crippen LogP contribution in [-0.2, 0) is 11.2 Å². The Kier molecular flexibility index (Phi) is 3.58. The zero-order chi connectivity index (χ0) is 12.3. The molecule has 17 heavy (non-hydrogen) atoms. The van der Waals surface area contributed by atoms with E-state index in [0.29, 0.717) is 24.6 Å². The van der Waals surface area contributed by atoms with E-state index in [9.17, 15) is 4.79 Å². The van der Waals surface area contributed by atoms with Crippen molar-refractivity contribution in [3.8, 4) is 11.5 Å².